The lowest BCUT2D eigenvalue weighted by Crippen LogP contribution is -2.44. The van der Waals surface area contributed by atoms with E-state index in [1.807, 2.05) is 0 Å². The highest BCUT2D eigenvalue weighted by atomic mass is 35.5. The largest absolute Gasteiger partial charge is 0.486 e. The van der Waals surface area contributed by atoms with Gasteiger partial charge in [-0.1, -0.05) is 25.4 Å². The number of carbonyl (C=O) groups excluding carboxylic acids is 1. The van der Waals surface area contributed by atoms with Crippen LogP contribution >= 0.6 is 11.6 Å². The van der Waals surface area contributed by atoms with Crippen molar-refractivity contribution in [2.75, 3.05) is 13.2 Å². The molecule has 7 heteroatoms. The molecule has 1 aliphatic heterocycles. The smallest absolute Gasteiger partial charge is 0.326 e. The van der Waals surface area contributed by atoms with Crippen LogP contribution in [0.3, 0.4) is 0 Å². The summed E-state index contributed by atoms with van der Waals surface area (Å²) in [4.78, 5) is 23.1. The number of benzene rings is 1. The third-order valence-electron chi connectivity index (χ3n) is 3.27. The molecule has 0 saturated heterocycles. The van der Waals surface area contributed by atoms with Gasteiger partial charge in [-0.2, -0.15) is 0 Å². The molecule has 0 aliphatic carbocycles. The van der Waals surface area contributed by atoms with Crippen molar-refractivity contribution in [3.63, 3.8) is 0 Å². The average molecular weight is 328 g/mol. The molecule has 1 aromatic carbocycles. The Kier molecular flexibility index (Phi) is 5.13. The van der Waals surface area contributed by atoms with Crippen molar-refractivity contribution in [2.45, 2.75) is 26.3 Å². The summed E-state index contributed by atoms with van der Waals surface area (Å²) >= 11 is 6.11. The van der Waals surface area contributed by atoms with Crippen LogP contribution in [0.1, 0.15) is 19.4 Å². The van der Waals surface area contributed by atoms with Crippen molar-refractivity contribution >= 4 is 23.5 Å². The molecule has 2 N–H and O–H groups in total. The lowest BCUT2D eigenvalue weighted by Gasteiger charge is -2.21. The molecule has 22 heavy (non-hydrogen) atoms. The van der Waals surface area contributed by atoms with Gasteiger partial charge in [0.2, 0.25) is 5.91 Å². The minimum atomic E-state index is -1.05. The van der Waals surface area contributed by atoms with Crippen molar-refractivity contribution in [3.05, 3.63) is 22.7 Å². The zero-order valence-corrected chi connectivity index (χ0v) is 13.1. The highest BCUT2D eigenvalue weighted by Crippen LogP contribution is 2.38. The van der Waals surface area contributed by atoms with Crippen LogP contribution in [0.4, 0.5) is 0 Å². The first kappa shape index (κ1) is 16.4. The van der Waals surface area contributed by atoms with Crippen LogP contribution in [-0.2, 0) is 16.0 Å². The SMILES string of the molecule is CC(C)C(NC(=O)Cc1cc(Cl)c2c(c1)OCCO2)C(=O)O. The van der Waals surface area contributed by atoms with Crippen molar-refractivity contribution in [2.24, 2.45) is 5.92 Å². The Hall–Kier alpha value is -1.95. The molecule has 1 aromatic rings. The van der Waals surface area contributed by atoms with Gasteiger partial charge < -0.3 is 19.9 Å². The first-order valence-corrected chi connectivity index (χ1v) is 7.36. The van der Waals surface area contributed by atoms with Gasteiger partial charge in [-0.05, 0) is 23.6 Å². The van der Waals surface area contributed by atoms with Crippen LogP contribution in [0, 0.1) is 5.92 Å². The van der Waals surface area contributed by atoms with Gasteiger partial charge >= 0.3 is 5.97 Å². The van der Waals surface area contributed by atoms with E-state index in [1.54, 1.807) is 26.0 Å². The molecular formula is C15H18ClNO5. The van der Waals surface area contributed by atoms with E-state index in [1.165, 1.54) is 0 Å². The van der Waals surface area contributed by atoms with Gasteiger partial charge in [-0.25, -0.2) is 4.79 Å². The number of aliphatic carboxylic acids is 1. The van der Waals surface area contributed by atoms with Crippen LogP contribution in [-0.4, -0.2) is 36.2 Å². The molecule has 1 amide bonds. The number of fused-ring (bicyclic) bond motifs is 1. The molecule has 0 spiro atoms. The van der Waals surface area contributed by atoms with Crippen LogP contribution in [0.25, 0.3) is 0 Å². The number of rotatable bonds is 5. The lowest BCUT2D eigenvalue weighted by molar-refractivity contribution is -0.143. The molecule has 1 unspecified atom stereocenters. The van der Waals surface area contributed by atoms with E-state index in [9.17, 15) is 9.59 Å². The van der Waals surface area contributed by atoms with Crippen LogP contribution in [0.2, 0.25) is 5.02 Å². The molecule has 1 atom stereocenters. The maximum Gasteiger partial charge on any atom is 0.326 e. The predicted molar refractivity (Wildman–Crippen MR) is 80.6 cm³/mol. The minimum absolute atomic E-state index is 0.0207. The summed E-state index contributed by atoms with van der Waals surface area (Å²) in [7, 11) is 0. The lowest BCUT2D eigenvalue weighted by atomic mass is 10.0. The molecule has 1 aliphatic rings. The number of amides is 1. The van der Waals surface area contributed by atoms with Crippen molar-refractivity contribution in [3.8, 4) is 11.5 Å². The summed E-state index contributed by atoms with van der Waals surface area (Å²) < 4.78 is 10.9. The molecule has 0 fully saturated rings. The van der Waals surface area contributed by atoms with Gasteiger partial charge in [0.1, 0.15) is 19.3 Å². The standard InChI is InChI=1S/C15H18ClNO5/c1-8(2)13(15(19)20)17-12(18)7-9-5-10(16)14-11(6-9)21-3-4-22-14/h5-6,8,13H,3-4,7H2,1-2H3,(H,17,18)(H,19,20). The monoisotopic (exact) mass is 327 g/mol. The Labute approximate surface area is 133 Å². The highest BCUT2D eigenvalue weighted by Gasteiger charge is 2.24. The van der Waals surface area contributed by atoms with Crippen molar-refractivity contribution < 1.29 is 24.2 Å². The molecular weight excluding hydrogens is 310 g/mol. The van der Waals surface area contributed by atoms with Gasteiger partial charge in [0.15, 0.2) is 11.5 Å². The number of carboxylic acids is 1. The number of hydrogen-bond donors (Lipinski definition) is 2. The summed E-state index contributed by atoms with van der Waals surface area (Å²) in [6, 6.07) is 2.39. The quantitative estimate of drug-likeness (QED) is 0.862. The van der Waals surface area contributed by atoms with E-state index in [2.05, 4.69) is 5.32 Å². The van der Waals surface area contributed by atoms with Crippen LogP contribution in [0.5, 0.6) is 11.5 Å². The van der Waals surface area contributed by atoms with Gasteiger partial charge in [0.25, 0.3) is 0 Å². The number of ether oxygens (including phenoxy) is 2. The van der Waals surface area contributed by atoms with E-state index in [-0.39, 0.29) is 18.2 Å². The van der Waals surface area contributed by atoms with Crippen molar-refractivity contribution in [1.82, 2.24) is 5.32 Å². The number of hydrogen-bond acceptors (Lipinski definition) is 4. The second kappa shape index (κ2) is 6.87. The zero-order chi connectivity index (χ0) is 16.3. The van der Waals surface area contributed by atoms with E-state index in [0.29, 0.717) is 35.3 Å². The third kappa shape index (κ3) is 3.82. The summed E-state index contributed by atoms with van der Waals surface area (Å²) in [5.41, 5.74) is 0.639. The predicted octanol–water partition coefficient (Wildman–Crippen LogP) is 1.88. The van der Waals surface area contributed by atoms with Gasteiger partial charge in [0, 0.05) is 0 Å². The molecule has 2 rings (SSSR count). The van der Waals surface area contributed by atoms with Gasteiger partial charge in [-0.15, -0.1) is 0 Å². The molecule has 0 bridgehead atoms. The fourth-order valence-corrected chi connectivity index (χ4v) is 2.48. The first-order chi connectivity index (χ1) is 10.4. The Morgan fingerprint density at radius 3 is 2.64 bits per heavy atom. The Bertz CT molecular complexity index is 588. The summed E-state index contributed by atoms with van der Waals surface area (Å²) in [6.07, 6.45) is 0.0207. The Morgan fingerprint density at radius 1 is 1.32 bits per heavy atom. The normalized spacial score (nSPS) is 14.5. The molecule has 0 radical (unpaired) electrons. The summed E-state index contributed by atoms with van der Waals surface area (Å²) in [5.74, 6) is -0.662. The minimum Gasteiger partial charge on any atom is -0.486 e. The van der Waals surface area contributed by atoms with Crippen LogP contribution < -0.4 is 14.8 Å². The van der Waals surface area contributed by atoms with E-state index in [4.69, 9.17) is 26.2 Å². The van der Waals surface area contributed by atoms with Gasteiger partial charge in [0.05, 0.1) is 11.4 Å². The Balaban J connectivity index is 2.08. The molecule has 6 nitrogen and oxygen atoms in total. The zero-order valence-electron chi connectivity index (χ0n) is 12.4. The second-order valence-electron chi connectivity index (χ2n) is 5.41. The maximum atomic E-state index is 12.0. The average Bonchev–Trinajstić information content (AvgIpc) is 2.44. The fourth-order valence-electron chi connectivity index (χ4n) is 2.19. The molecule has 0 aromatic heterocycles. The fraction of sp³-hybridized carbons (Fsp3) is 0.467. The topological polar surface area (TPSA) is 84.9 Å². The molecule has 0 saturated carbocycles. The first-order valence-electron chi connectivity index (χ1n) is 6.98. The van der Waals surface area contributed by atoms with Gasteiger partial charge in [-0.3, -0.25) is 4.79 Å². The number of nitrogens with one attached hydrogen (secondary N) is 1. The van der Waals surface area contributed by atoms with Crippen molar-refractivity contribution in [1.29, 1.82) is 0 Å². The van der Waals surface area contributed by atoms with Crippen LogP contribution in [0.15, 0.2) is 12.1 Å². The van der Waals surface area contributed by atoms with E-state index >= 15 is 0 Å². The summed E-state index contributed by atoms with van der Waals surface area (Å²) in [6.45, 7) is 4.33. The number of halogens is 1. The van der Waals surface area contributed by atoms with E-state index in [0.717, 1.165) is 0 Å². The number of carbonyl (C=O) groups is 2. The molecule has 1 heterocycles. The number of carboxylic acid groups (broad SMARTS) is 1. The summed E-state index contributed by atoms with van der Waals surface area (Å²) in [5, 5.41) is 12.0. The highest BCUT2D eigenvalue weighted by molar-refractivity contribution is 6.32. The maximum absolute atomic E-state index is 12.0. The second-order valence-corrected chi connectivity index (χ2v) is 5.81. The third-order valence-corrected chi connectivity index (χ3v) is 3.55. The van der Waals surface area contributed by atoms with E-state index < -0.39 is 12.0 Å². The molecule has 120 valence electrons. The Morgan fingerprint density at radius 2 is 2.00 bits per heavy atom.